The van der Waals surface area contributed by atoms with Gasteiger partial charge in [-0.2, -0.15) is 0 Å². The van der Waals surface area contributed by atoms with Crippen molar-refractivity contribution < 1.29 is 14.3 Å². The summed E-state index contributed by atoms with van der Waals surface area (Å²) in [5.41, 5.74) is 5.16. The minimum Gasteiger partial charge on any atom is -0.497 e. The predicted octanol–water partition coefficient (Wildman–Crippen LogP) is 0.147. The number of rotatable bonds is 6. The van der Waals surface area contributed by atoms with Gasteiger partial charge in [-0.1, -0.05) is 0 Å². The Hall–Kier alpha value is -1.75. The first-order valence-corrected chi connectivity index (χ1v) is 4.90. The fourth-order valence-corrected chi connectivity index (χ4v) is 1.16. The van der Waals surface area contributed by atoms with Gasteiger partial charge in [0.1, 0.15) is 24.1 Å². The molecule has 5 heteroatoms. The van der Waals surface area contributed by atoms with E-state index in [9.17, 15) is 4.79 Å². The second-order valence-electron chi connectivity index (χ2n) is 3.23. The number of likely N-dealkylation sites (N-methyl/N-ethyl adjacent to an activating group) is 1. The number of nitrogens with two attached hydrogens (primary N) is 1. The Bertz CT molecular complexity index is 338. The summed E-state index contributed by atoms with van der Waals surface area (Å²) < 4.78 is 10.4. The van der Waals surface area contributed by atoms with E-state index in [1.165, 1.54) is 0 Å². The van der Waals surface area contributed by atoms with Crippen molar-refractivity contribution >= 4 is 5.91 Å². The zero-order valence-corrected chi connectivity index (χ0v) is 9.40. The Morgan fingerprint density at radius 3 is 2.38 bits per heavy atom. The van der Waals surface area contributed by atoms with E-state index in [-0.39, 0.29) is 6.61 Å². The van der Waals surface area contributed by atoms with Gasteiger partial charge in [0.2, 0.25) is 5.91 Å². The van der Waals surface area contributed by atoms with Crippen LogP contribution in [0.1, 0.15) is 0 Å². The molecule has 0 bridgehead atoms. The van der Waals surface area contributed by atoms with Crippen LogP contribution in [0.4, 0.5) is 0 Å². The monoisotopic (exact) mass is 224 g/mol. The predicted molar refractivity (Wildman–Crippen MR) is 60.5 cm³/mol. The van der Waals surface area contributed by atoms with E-state index in [0.29, 0.717) is 5.75 Å². The molecule has 0 aromatic heterocycles. The highest BCUT2D eigenvalue weighted by molar-refractivity contribution is 5.79. The molecule has 0 aliphatic heterocycles. The van der Waals surface area contributed by atoms with Crippen LogP contribution in [0, 0.1) is 0 Å². The largest absolute Gasteiger partial charge is 0.497 e. The lowest BCUT2D eigenvalue weighted by atomic mass is 10.3. The lowest BCUT2D eigenvalue weighted by Gasteiger charge is -2.13. The minimum absolute atomic E-state index is 0.207. The summed E-state index contributed by atoms with van der Waals surface area (Å²) in [5.74, 6) is 0.991. The molecule has 0 spiro atoms. The molecule has 0 saturated carbocycles. The van der Waals surface area contributed by atoms with Crippen molar-refractivity contribution in [1.29, 1.82) is 0 Å². The highest BCUT2D eigenvalue weighted by Gasteiger charge is 2.12. The number of hydrogen-bond acceptors (Lipinski definition) is 4. The van der Waals surface area contributed by atoms with Gasteiger partial charge >= 0.3 is 0 Å². The van der Waals surface area contributed by atoms with Crippen LogP contribution < -0.4 is 20.5 Å². The first kappa shape index (κ1) is 12.3. The second kappa shape index (κ2) is 5.97. The molecule has 0 aliphatic rings. The molecule has 0 saturated heterocycles. The van der Waals surface area contributed by atoms with Crippen LogP contribution in [-0.4, -0.2) is 32.7 Å². The fraction of sp³-hybridized carbons (Fsp3) is 0.364. The second-order valence-corrected chi connectivity index (χ2v) is 3.23. The molecule has 1 rings (SSSR count). The molecule has 1 aromatic carbocycles. The molecule has 16 heavy (non-hydrogen) atoms. The van der Waals surface area contributed by atoms with Crippen molar-refractivity contribution in [1.82, 2.24) is 5.32 Å². The van der Waals surface area contributed by atoms with Crippen LogP contribution in [0.25, 0.3) is 0 Å². The summed E-state index contributed by atoms with van der Waals surface area (Å²) >= 11 is 0. The molecule has 0 heterocycles. The van der Waals surface area contributed by atoms with Crippen molar-refractivity contribution in [3.8, 4) is 11.5 Å². The van der Waals surface area contributed by atoms with E-state index >= 15 is 0 Å². The van der Waals surface area contributed by atoms with E-state index in [0.717, 1.165) is 5.75 Å². The van der Waals surface area contributed by atoms with Gasteiger partial charge < -0.3 is 20.5 Å². The Labute approximate surface area is 94.5 Å². The average molecular weight is 224 g/mol. The maximum absolute atomic E-state index is 10.9. The quantitative estimate of drug-likeness (QED) is 0.721. The van der Waals surface area contributed by atoms with Crippen LogP contribution in [0.2, 0.25) is 0 Å². The van der Waals surface area contributed by atoms with Crippen LogP contribution in [0.15, 0.2) is 24.3 Å². The van der Waals surface area contributed by atoms with E-state index in [4.69, 9.17) is 15.2 Å². The zero-order valence-electron chi connectivity index (χ0n) is 9.40. The SMILES string of the molecule is CNC(COc1ccc(OC)cc1)C(N)=O. The van der Waals surface area contributed by atoms with Gasteiger partial charge in [-0.25, -0.2) is 0 Å². The van der Waals surface area contributed by atoms with Crippen molar-refractivity contribution in [3.63, 3.8) is 0 Å². The Balaban J connectivity index is 2.50. The van der Waals surface area contributed by atoms with Gasteiger partial charge in [0.05, 0.1) is 7.11 Å². The van der Waals surface area contributed by atoms with Gasteiger partial charge in [-0.3, -0.25) is 4.79 Å². The van der Waals surface area contributed by atoms with Gasteiger partial charge in [-0.15, -0.1) is 0 Å². The molecule has 0 fully saturated rings. The number of nitrogens with one attached hydrogen (secondary N) is 1. The molecule has 1 unspecified atom stereocenters. The van der Waals surface area contributed by atoms with Crippen LogP contribution in [0.3, 0.4) is 0 Å². The average Bonchev–Trinajstić information content (AvgIpc) is 2.30. The number of carbonyl (C=O) groups excluding carboxylic acids is 1. The van der Waals surface area contributed by atoms with Gasteiger partial charge in [0, 0.05) is 0 Å². The van der Waals surface area contributed by atoms with Crippen molar-refractivity contribution in [2.24, 2.45) is 5.73 Å². The number of methoxy groups -OCH3 is 1. The highest BCUT2D eigenvalue weighted by Crippen LogP contribution is 2.16. The third-order valence-corrected chi connectivity index (χ3v) is 2.17. The summed E-state index contributed by atoms with van der Waals surface area (Å²) in [4.78, 5) is 10.9. The Morgan fingerprint density at radius 2 is 1.94 bits per heavy atom. The summed E-state index contributed by atoms with van der Waals surface area (Å²) in [6.07, 6.45) is 0. The first-order valence-electron chi connectivity index (χ1n) is 4.90. The summed E-state index contributed by atoms with van der Waals surface area (Å²) in [5, 5.41) is 2.77. The summed E-state index contributed by atoms with van der Waals surface area (Å²) in [7, 11) is 3.26. The lowest BCUT2D eigenvalue weighted by molar-refractivity contribution is -0.120. The molecule has 1 atom stereocenters. The molecule has 88 valence electrons. The number of hydrogen-bond donors (Lipinski definition) is 2. The first-order chi connectivity index (χ1) is 7.67. The fourth-order valence-electron chi connectivity index (χ4n) is 1.16. The molecule has 1 aromatic rings. The molecule has 5 nitrogen and oxygen atoms in total. The van der Waals surface area contributed by atoms with Gasteiger partial charge in [0.15, 0.2) is 0 Å². The van der Waals surface area contributed by atoms with Gasteiger partial charge in [-0.05, 0) is 31.3 Å². The molecule has 1 amide bonds. The smallest absolute Gasteiger partial charge is 0.238 e. The third-order valence-electron chi connectivity index (χ3n) is 2.17. The highest BCUT2D eigenvalue weighted by atomic mass is 16.5. The van der Waals surface area contributed by atoms with E-state index in [1.807, 2.05) is 0 Å². The van der Waals surface area contributed by atoms with Crippen LogP contribution >= 0.6 is 0 Å². The Kier molecular flexibility index (Phi) is 4.60. The van der Waals surface area contributed by atoms with Crippen LogP contribution in [0.5, 0.6) is 11.5 Å². The lowest BCUT2D eigenvalue weighted by Crippen LogP contribution is -2.43. The summed E-state index contributed by atoms with van der Waals surface area (Å²) in [6, 6.07) is 6.63. The zero-order chi connectivity index (χ0) is 12.0. The summed E-state index contributed by atoms with van der Waals surface area (Å²) in [6.45, 7) is 0.207. The maximum atomic E-state index is 10.9. The molecule has 0 aliphatic carbocycles. The van der Waals surface area contributed by atoms with E-state index in [2.05, 4.69) is 5.32 Å². The number of amides is 1. The maximum Gasteiger partial charge on any atom is 0.238 e. The van der Waals surface area contributed by atoms with E-state index < -0.39 is 11.9 Å². The molecular weight excluding hydrogens is 208 g/mol. The van der Waals surface area contributed by atoms with Crippen molar-refractivity contribution in [3.05, 3.63) is 24.3 Å². The third kappa shape index (κ3) is 3.43. The number of carbonyl (C=O) groups is 1. The number of primary amides is 1. The molecular formula is C11H16N2O3. The molecule has 3 N–H and O–H groups in total. The topological polar surface area (TPSA) is 73.6 Å². The number of benzene rings is 1. The van der Waals surface area contributed by atoms with Crippen LogP contribution in [-0.2, 0) is 4.79 Å². The molecule has 0 radical (unpaired) electrons. The normalized spacial score (nSPS) is 11.9. The van der Waals surface area contributed by atoms with Gasteiger partial charge in [0.25, 0.3) is 0 Å². The Morgan fingerprint density at radius 1 is 1.38 bits per heavy atom. The van der Waals surface area contributed by atoms with E-state index in [1.54, 1.807) is 38.4 Å². The standard InChI is InChI=1S/C11H16N2O3/c1-13-10(11(12)14)7-16-9-5-3-8(15-2)4-6-9/h3-6,10,13H,7H2,1-2H3,(H2,12,14). The van der Waals surface area contributed by atoms with Crippen molar-refractivity contribution in [2.75, 3.05) is 20.8 Å². The number of ether oxygens (including phenoxy) is 2. The minimum atomic E-state index is -0.484. The van der Waals surface area contributed by atoms with Crippen molar-refractivity contribution in [2.45, 2.75) is 6.04 Å².